The normalized spacial score (nSPS) is 10.5. The van der Waals surface area contributed by atoms with Crippen molar-refractivity contribution in [2.45, 2.75) is 6.92 Å². The molecule has 0 saturated carbocycles. The van der Waals surface area contributed by atoms with Gasteiger partial charge >= 0.3 is 5.97 Å². The van der Waals surface area contributed by atoms with Gasteiger partial charge in [0.15, 0.2) is 11.7 Å². The lowest BCUT2D eigenvalue weighted by molar-refractivity contribution is -0.123. The number of carbonyl (C=O) groups excluding carboxylic acids is 2. The van der Waals surface area contributed by atoms with Gasteiger partial charge in [-0.1, -0.05) is 66.7 Å². The fraction of sp³-hybridized carbons (Fsp3) is 0.115. The van der Waals surface area contributed by atoms with Crippen molar-refractivity contribution in [2.75, 3.05) is 19.0 Å². The van der Waals surface area contributed by atoms with Gasteiger partial charge in [0.05, 0.1) is 7.11 Å². The third kappa shape index (κ3) is 5.59. The number of anilines is 1. The zero-order valence-corrected chi connectivity index (χ0v) is 20.7. The van der Waals surface area contributed by atoms with Crippen LogP contribution in [0.1, 0.15) is 15.2 Å². The van der Waals surface area contributed by atoms with Crippen LogP contribution in [-0.2, 0) is 9.53 Å². The summed E-state index contributed by atoms with van der Waals surface area (Å²) in [6, 6.07) is 23.0. The van der Waals surface area contributed by atoms with E-state index in [0.717, 1.165) is 26.8 Å². The molecule has 0 atom stereocenters. The molecule has 35 heavy (non-hydrogen) atoms. The van der Waals surface area contributed by atoms with Crippen molar-refractivity contribution < 1.29 is 19.1 Å². The summed E-state index contributed by atoms with van der Waals surface area (Å²) >= 11 is 6.70. The van der Waals surface area contributed by atoms with Crippen molar-refractivity contribution in [3.8, 4) is 16.9 Å². The van der Waals surface area contributed by atoms with Crippen molar-refractivity contribution >= 4 is 56.3 Å². The third-order valence-corrected chi connectivity index (χ3v) is 6.41. The molecule has 1 aromatic heterocycles. The second-order valence-corrected chi connectivity index (χ2v) is 9.12. The van der Waals surface area contributed by atoms with Crippen molar-refractivity contribution in [1.29, 1.82) is 0 Å². The highest BCUT2D eigenvalue weighted by Gasteiger charge is 2.24. The first-order valence-corrected chi connectivity index (χ1v) is 11.9. The molecule has 0 unspecified atom stereocenters. The molecular formula is C26H23N3O4S2. The lowest BCUT2D eigenvalue weighted by Gasteiger charge is -2.13. The Morgan fingerprint density at radius 3 is 2.43 bits per heavy atom. The van der Waals surface area contributed by atoms with Crippen molar-refractivity contribution in [3.05, 3.63) is 83.2 Å². The van der Waals surface area contributed by atoms with Gasteiger partial charge in [-0.15, -0.1) is 11.3 Å². The average molecular weight is 506 g/mol. The van der Waals surface area contributed by atoms with Gasteiger partial charge in [0.1, 0.15) is 16.3 Å². The molecule has 178 valence electrons. The van der Waals surface area contributed by atoms with Gasteiger partial charge in [0.2, 0.25) is 0 Å². The molecule has 7 nitrogen and oxygen atoms in total. The molecule has 0 aliphatic carbocycles. The van der Waals surface area contributed by atoms with E-state index in [1.54, 1.807) is 0 Å². The molecule has 4 aromatic rings. The zero-order chi connectivity index (χ0) is 24.8. The van der Waals surface area contributed by atoms with E-state index in [1.165, 1.54) is 18.4 Å². The summed E-state index contributed by atoms with van der Waals surface area (Å²) in [5, 5.41) is 5.58. The van der Waals surface area contributed by atoms with Crippen LogP contribution in [-0.4, -0.2) is 30.7 Å². The Balaban J connectivity index is 1.39. The molecule has 1 amide bonds. The number of methoxy groups -OCH3 is 1. The molecule has 9 heteroatoms. The number of benzene rings is 3. The number of thiocarbonyl (C=S) groups is 1. The Kier molecular flexibility index (Phi) is 7.59. The second kappa shape index (κ2) is 11.0. The van der Waals surface area contributed by atoms with Crippen LogP contribution in [0.15, 0.2) is 72.8 Å². The third-order valence-electron chi connectivity index (χ3n) is 5.19. The number of hydrogen-bond acceptors (Lipinski definition) is 6. The monoisotopic (exact) mass is 505 g/mol. The quantitative estimate of drug-likeness (QED) is 0.192. The topological polar surface area (TPSA) is 88.7 Å². The maximum absolute atomic E-state index is 12.6. The van der Waals surface area contributed by atoms with Crippen LogP contribution in [0.2, 0.25) is 0 Å². The highest BCUT2D eigenvalue weighted by Crippen LogP contribution is 2.40. The number of ether oxygens (including phenoxy) is 2. The summed E-state index contributed by atoms with van der Waals surface area (Å²) in [5.41, 5.74) is 7.22. The van der Waals surface area contributed by atoms with Crippen LogP contribution in [0.25, 0.3) is 21.9 Å². The maximum atomic E-state index is 12.6. The minimum absolute atomic E-state index is 0.120. The van der Waals surface area contributed by atoms with Crippen LogP contribution >= 0.6 is 23.6 Å². The second-order valence-electron chi connectivity index (χ2n) is 7.49. The van der Waals surface area contributed by atoms with E-state index < -0.39 is 11.9 Å². The standard InChI is InChI=1S/C26H23N3O4S2/c1-16-22(18-10-4-3-5-11-18)23(25(31)32-2)24(35-16)27-26(34)29-28-21(30)15-33-20-14-8-12-17-9-6-7-13-19(17)20/h3-14H,15H2,1-2H3,(H,28,30)(H2,27,29,34). The first-order chi connectivity index (χ1) is 17.0. The number of nitrogens with one attached hydrogen (secondary N) is 3. The zero-order valence-electron chi connectivity index (χ0n) is 19.1. The lowest BCUT2D eigenvalue weighted by Crippen LogP contribution is -2.45. The number of hydrazine groups is 1. The number of hydrogen-bond donors (Lipinski definition) is 3. The number of amides is 1. The van der Waals surface area contributed by atoms with E-state index in [9.17, 15) is 9.59 Å². The molecule has 1 heterocycles. The molecule has 0 spiro atoms. The first-order valence-electron chi connectivity index (χ1n) is 10.7. The van der Waals surface area contributed by atoms with E-state index in [2.05, 4.69) is 16.2 Å². The smallest absolute Gasteiger partial charge is 0.341 e. The van der Waals surface area contributed by atoms with Crippen LogP contribution < -0.4 is 20.9 Å². The van der Waals surface area contributed by atoms with Crippen LogP contribution in [0, 0.1) is 6.92 Å². The van der Waals surface area contributed by atoms with Gasteiger partial charge in [-0.25, -0.2) is 4.79 Å². The summed E-state index contributed by atoms with van der Waals surface area (Å²) in [7, 11) is 1.33. The molecule has 0 bridgehead atoms. The highest BCUT2D eigenvalue weighted by atomic mass is 32.1. The molecule has 3 aromatic carbocycles. The van der Waals surface area contributed by atoms with E-state index in [-0.39, 0.29) is 11.7 Å². The minimum Gasteiger partial charge on any atom is -0.483 e. The van der Waals surface area contributed by atoms with Gasteiger partial charge < -0.3 is 14.8 Å². The van der Waals surface area contributed by atoms with Crippen molar-refractivity contribution in [3.63, 3.8) is 0 Å². The van der Waals surface area contributed by atoms with Crippen LogP contribution in [0.5, 0.6) is 5.75 Å². The van der Waals surface area contributed by atoms with Crippen LogP contribution in [0.3, 0.4) is 0 Å². The van der Waals surface area contributed by atoms with Gasteiger partial charge in [-0.05, 0) is 36.2 Å². The molecule has 3 N–H and O–H groups in total. The summed E-state index contributed by atoms with van der Waals surface area (Å²) in [6.07, 6.45) is 0. The molecule has 0 fully saturated rings. The average Bonchev–Trinajstić information content (AvgIpc) is 3.21. The predicted molar refractivity (Wildman–Crippen MR) is 143 cm³/mol. The number of thiophene rings is 1. The summed E-state index contributed by atoms with van der Waals surface area (Å²) < 4.78 is 10.7. The fourth-order valence-corrected chi connectivity index (χ4v) is 4.93. The predicted octanol–water partition coefficient (Wildman–Crippen LogP) is 5.06. The molecule has 0 saturated heterocycles. The van der Waals surface area contributed by atoms with E-state index in [0.29, 0.717) is 16.3 Å². The Morgan fingerprint density at radius 2 is 1.66 bits per heavy atom. The SMILES string of the molecule is COC(=O)c1c(NC(=S)NNC(=O)COc2cccc3ccccc23)sc(C)c1-c1ccccc1. The van der Waals surface area contributed by atoms with Gasteiger partial charge in [0, 0.05) is 15.8 Å². The Labute approximate surface area is 212 Å². The first kappa shape index (κ1) is 24.2. The molecule has 0 aliphatic heterocycles. The van der Waals surface area contributed by atoms with E-state index >= 15 is 0 Å². The Morgan fingerprint density at radius 1 is 0.943 bits per heavy atom. The number of aryl methyl sites for hydroxylation is 1. The van der Waals surface area contributed by atoms with Gasteiger partial charge in [-0.2, -0.15) is 0 Å². The molecule has 4 rings (SSSR count). The number of rotatable bonds is 6. The maximum Gasteiger partial charge on any atom is 0.341 e. The molecular weight excluding hydrogens is 482 g/mol. The number of fused-ring (bicyclic) bond motifs is 1. The van der Waals surface area contributed by atoms with Crippen LogP contribution in [0.4, 0.5) is 5.00 Å². The fourth-order valence-electron chi connectivity index (χ4n) is 3.64. The summed E-state index contributed by atoms with van der Waals surface area (Å²) in [6.45, 7) is 1.72. The lowest BCUT2D eigenvalue weighted by atomic mass is 10.0. The summed E-state index contributed by atoms with van der Waals surface area (Å²) in [5.74, 6) is -0.280. The van der Waals surface area contributed by atoms with E-state index in [4.69, 9.17) is 21.7 Å². The van der Waals surface area contributed by atoms with Gasteiger partial charge in [-0.3, -0.25) is 15.6 Å². The van der Waals surface area contributed by atoms with E-state index in [1.807, 2.05) is 79.7 Å². The number of esters is 1. The molecule has 0 aliphatic rings. The summed E-state index contributed by atoms with van der Waals surface area (Å²) in [4.78, 5) is 25.8. The highest BCUT2D eigenvalue weighted by molar-refractivity contribution is 7.80. The Hall–Kier alpha value is -3.95. The Bertz CT molecular complexity index is 1380. The largest absolute Gasteiger partial charge is 0.483 e. The van der Waals surface area contributed by atoms with Gasteiger partial charge in [0.25, 0.3) is 5.91 Å². The molecule has 0 radical (unpaired) electrons. The minimum atomic E-state index is -0.481. The number of carbonyl (C=O) groups is 2. The van der Waals surface area contributed by atoms with Crippen molar-refractivity contribution in [1.82, 2.24) is 10.9 Å². The van der Waals surface area contributed by atoms with Crippen molar-refractivity contribution in [2.24, 2.45) is 0 Å².